The molecule has 1 saturated carbocycles. The summed E-state index contributed by atoms with van der Waals surface area (Å²) in [5, 5.41) is 4.10. The molecule has 1 fully saturated rings. The van der Waals surface area contributed by atoms with Crippen LogP contribution in [-0.4, -0.2) is 84.3 Å². The van der Waals surface area contributed by atoms with Crippen LogP contribution in [0.15, 0.2) is 59.1 Å². The topological polar surface area (TPSA) is 134 Å². The molecule has 2 amide bonds. The summed E-state index contributed by atoms with van der Waals surface area (Å²) >= 11 is 0. The Hall–Kier alpha value is -4.34. The monoisotopic (exact) mass is 781 g/mol. The summed E-state index contributed by atoms with van der Waals surface area (Å²) in [6.45, 7) is 2.26. The first-order valence-corrected chi connectivity index (χ1v) is 20.4. The Labute approximate surface area is 320 Å². The minimum Gasteiger partial charge on any atom is -0.490 e. The van der Waals surface area contributed by atoms with Crippen LogP contribution in [0.5, 0.6) is 11.6 Å². The lowest BCUT2D eigenvalue weighted by atomic mass is 9.68. The van der Waals surface area contributed by atoms with Crippen molar-refractivity contribution in [3.63, 3.8) is 0 Å². The molecule has 1 N–H and O–H groups in total. The fraction of sp³-hybridized carbons (Fsp3) is 0.525. The molecule has 12 nitrogen and oxygen atoms in total. The molecular formula is C40H49F2N5O7S. The molecule has 3 aromatic rings. The Bertz CT molecular complexity index is 2100. The van der Waals surface area contributed by atoms with E-state index >= 15 is 0 Å². The number of nitrogens with one attached hydrogen (secondary N) is 1. The fourth-order valence-electron chi connectivity index (χ4n) is 8.76. The van der Waals surface area contributed by atoms with Gasteiger partial charge in [0.25, 0.3) is 11.8 Å². The van der Waals surface area contributed by atoms with Gasteiger partial charge in [-0.05, 0) is 80.2 Å². The van der Waals surface area contributed by atoms with Crippen molar-refractivity contribution in [3.8, 4) is 11.6 Å². The van der Waals surface area contributed by atoms with Crippen LogP contribution in [0, 0.1) is 24.7 Å². The first-order chi connectivity index (χ1) is 26.3. The average Bonchev–Trinajstić information content (AvgIpc) is 3.45. The van der Waals surface area contributed by atoms with Gasteiger partial charge >= 0.3 is 6.61 Å². The SMILES string of the molecule is COc1nn(C)cc1C(=O)NS1(=O)=NC(=O)c2ccc3c(c2)N(C[C@@H]2CC[C@H]2[C@@H](OC)/C=C/[C@H](OC(F)F)[C@H](C)C1)C[C@@]1(CCCc2cc(C)ccc21)CO3. The van der Waals surface area contributed by atoms with E-state index in [1.54, 1.807) is 45.4 Å². The highest BCUT2D eigenvalue weighted by molar-refractivity contribution is 7.92. The summed E-state index contributed by atoms with van der Waals surface area (Å²) in [5.41, 5.74) is 4.34. The molecule has 2 aromatic carbocycles. The number of fused-ring (bicyclic) bond motifs is 4. The number of aryl methyl sites for hydroxylation is 3. The Morgan fingerprint density at radius 3 is 2.65 bits per heavy atom. The first-order valence-electron chi connectivity index (χ1n) is 18.8. The van der Waals surface area contributed by atoms with E-state index in [0.717, 1.165) is 37.8 Å². The highest BCUT2D eigenvalue weighted by Gasteiger charge is 2.44. The van der Waals surface area contributed by atoms with Crippen molar-refractivity contribution in [3.05, 3.63) is 82.6 Å². The quantitative estimate of drug-likeness (QED) is 0.298. The lowest BCUT2D eigenvalue weighted by Gasteiger charge is -2.46. The predicted octanol–water partition coefficient (Wildman–Crippen LogP) is 6.02. The number of alkyl halides is 2. The van der Waals surface area contributed by atoms with Gasteiger partial charge in [-0.2, -0.15) is 8.78 Å². The second-order valence-electron chi connectivity index (χ2n) is 15.4. The van der Waals surface area contributed by atoms with Gasteiger partial charge in [0.1, 0.15) is 21.2 Å². The Kier molecular flexibility index (Phi) is 11.1. The number of hydrogen-bond donors (Lipinski definition) is 1. The number of aromatic nitrogens is 2. The zero-order valence-corrected chi connectivity index (χ0v) is 32.7. The van der Waals surface area contributed by atoms with Gasteiger partial charge in [-0.3, -0.25) is 19.0 Å². The molecular weight excluding hydrogens is 733 g/mol. The van der Waals surface area contributed by atoms with Crippen molar-refractivity contribution in [2.24, 2.45) is 29.2 Å². The van der Waals surface area contributed by atoms with Gasteiger partial charge in [-0.15, -0.1) is 9.46 Å². The van der Waals surface area contributed by atoms with Gasteiger partial charge in [0.2, 0.25) is 5.88 Å². The number of benzene rings is 2. The van der Waals surface area contributed by atoms with E-state index in [0.29, 0.717) is 25.4 Å². The number of hydrogen-bond acceptors (Lipinski definition) is 9. The van der Waals surface area contributed by atoms with E-state index in [1.165, 1.54) is 40.8 Å². The normalized spacial score (nSPS) is 29.9. The molecule has 3 heterocycles. The van der Waals surface area contributed by atoms with E-state index in [2.05, 4.69) is 44.2 Å². The zero-order chi connectivity index (χ0) is 39.1. The van der Waals surface area contributed by atoms with E-state index in [9.17, 15) is 22.6 Å². The highest BCUT2D eigenvalue weighted by atomic mass is 32.2. The lowest BCUT2D eigenvalue weighted by Crippen LogP contribution is -2.49. The molecule has 55 heavy (non-hydrogen) atoms. The fourth-order valence-corrected chi connectivity index (χ4v) is 10.6. The van der Waals surface area contributed by atoms with Crippen LogP contribution >= 0.6 is 0 Å². The number of carbonyl (C=O) groups is 2. The van der Waals surface area contributed by atoms with Crippen molar-refractivity contribution >= 4 is 27.4 Å². The number of anilines is 1. The number of rotatable bonds is 6. The maximum atomic E-state index is 14.8. The molecule has 7 rings (SSSR count). The molecule has 1 aromatic heterocycles. The van der Waals surface area contributed by atoms with Crippen LogP contribution in [-0.2, 0) is 38.3 Å². The van der Waals surface area contributed by atoms with E-state index in [1.807, 2.05) is 0 Å². The maximum Gasteiger partial charge on any atom is 0.345 e. The van der Waals surface area contributed by atoms with Gasteiger partial charge in [-0.25, -0.2) is 4.21 Å². The van der Waals surface area contributed by atoms with Gasteiger partial charge < -0.3 is 23.8 Å². The third-order valence-corrected chi connectivity index (χ3v) is 13.6. The summed E-state index contributed by atoms with van der Waals surface area (Å²) in [7, 11) is 0.544. The second kappa shape index (κ2) is 15.7. The van der Waals surface area contributed by atoms with Crippen LogP contribution < -0.4 is 19.1 Å². The molecule has 7 atom stereocenters. The predicted molar refractivity (Wildman–Crippen MR) is 203 cm³/mol. The molecule has 2 aliphatic heterocycles. The third-order valence-electron chi connectivity index (χ3n) is 11.6. The molecule has 296 valence electrons. The van der Waals surface area contributed by atoms with Crippen LogP contribution in [0.2, 0.25) is 0 Å². The Morgan fingerprint density at radius 2 is 1.93 bits per heavy atom. The van der Waals surface area contributed by atoms with Gasteiger partial charge in [0.05, 0.1) is 37.4 Å². The first kappa shape index (κ1) is 38.9. The number of nitrogens with zero attached hydrogens (tertiary/aromatic N) is 4. The molecule has 0 radical (unpaired) electrons. The van der Waals surface area contributed by atoms with Crippen molar-refractivity contribution in [1.29, 1.82) is 0 Å². The van der Waals surface area contributed by atoms with Crippen LogP contribution in [0.1, 0.15) is 70.0 Å². The van der Waals surface area contributed by atoms with Crippen LogP contribution in [0.25, 0.3) is 0 Å². The highest BCUT2D eigenvalue weighted by Crippen LogP contribution is 2.47. The van der Waals surface area contributed by atoms with E-state index in [4.69, 9.17) is 18.9 Å². The largest absolute Gasteiger partial charge is 0.490 e. The lowest BCUT2D eigenvalue weighted by molar-refractivity contribution is -0.159. The summed E-state index contributed by atoms with van der Waals surface area (Å²) < 4.78 is 73.3. The van der Waals surface area contributed by atoms with Crippen LogP contribution in [0.3, 0.4) is 0 Å². The second-order valence-corrected chi connectivity index (χ2v) is 17.4. The van der Waals surface area contributed by atoms with E-state index < -0.39 is 52.2 Å². The van der Waals surface area contributed by atoms with Gasteiger partial charge in [-0.1, -0.05) is 42.8 Å². The third kappa shape index (κ3) is 8.01. The smallest absolute Gasteiger partial charge is 0.345 e. The summed E-state index contributed by atoms with van der Waals surface area (Å²) in [4.78, 5) is 30.0. The van der Waals surface area contributed by atoms with E-state index in [-0.39, 0.29) is 34.3 Å². The number of halogens is 2. The Balaban J connectivity index is 1.34. The molecule has 4 aliphatic rings. The molecule has 0 saturated heterocycles. The maximum absolute atomic E-state index is 14.8. The standard InChI is InChI=1S/C40H49F2N5O7S/c1-24-8-12-31-26(17-24)7-6-16-40(31)22-47-19-28-9-11-29(28)34(51-4)15-14-33(54-39(41)42)25(2)21-55(50,45-37(49)30-20-46(3)43-38(30)52-5)44-36(48)27-10-13-35(53-23-40)32(47)18-27/h8,10,12-15,17-18,20,25,28-29,33-34,39H,6-7,9,11,16,19,21-23H2,1-5H3,(H,44,45,48,49,50)/b15-14+/t25-,28+,29-,33+,34+,40+,55?/m1/s1. The minimum absolute atomic E-state index is 0.0309. The number of carbonyl (C=O) groups excluding carboxylic acids is 2. The Morgan fingerprint density at radius 1 is 1.13 bits per heavy atom. The minimum atomic E-state index is -3.98. The zero-order valence-electron chi connectivity index (χ0n) is 31.8. The number of methoxy groups -OCH3 is 2. The van der Waals surface area contributed by atoms with Gasteiger partial charge in [0.15, 0.2) is 0 Å². The average molecular weight is 782 g/mol. The molecule has 2 bridgehead atoms. The molecule has 1 unspecified atom stereocenters. The van der Waals surface area contributed by atoms with Crippen molar-refractivity contribution in [2.45, 2.75) is 70.2 Å². The molecule has 1 spiro atoms. The summed E-state index contributed by atoms with van der Waals surface area (Å²) in [6.07, 6.45) is 7.74. The number of amides is 2. The molecule has 2 aliphatic carbocycles. The van der Waals surface area contributed by atoms with Crippen LogP contribution in [0.4, 0.5) is 14.5 Å². The van der Waals surface area contributed by atoms with Crippen molar-refractivity contribution in [1.82, 2.24) is 14.5 Å². The summed E-state index contributed by atoms with van der Waals surface area (Å²) in [5.74, 6) is -2.21. The molecule has 15 heteroatoms. The van der Waals surface area contributed by atoms with Crippen molar-refractivity contribution < 1.29 is 41.5 Å². The number of ether oxygens (including phenoxy) is 4. The van der Waals surface area contributed by atoms with Crippen molar-refractivity contribution in [2.75, 3.05) is 44.6 Å². The van der Waals surface area contributed by atoms with Gasteiger partial charge in [0, 0.05) is 50.3 Å². The summed E-state index contributed by atoms with van der Waals surface area (Å²) in [6, 6.07) is 11.7.